The summed E-state index contributed by atoms with van der Waals surface area (Å²) in [6.07, 6.45) is 1.06. The summed E-state index contributed by atoms with van der Waals surface area (Å²) in [5.41, 5.74) is 3.22. The Bertz CT molecular complexity index is 2190. The fourth-order valence-electron chi connectivity index (χ4n) is 8.56. The van der Waals surface area contributed by atoms with E-state index in [1.165, 1.54) is 0 Å². The lowest BCUT2D eigenvalue weighted by Gasteiger charge is -2.31. The Labute approximate surface area is 321 Å². The number of aliphatic hydroxyl groups is 1. The molecule has 3 N–H and O–H groups in total. The summed E-state index contributed by atoms with van der Waals surface area (Å²) in [4.78, 5) is 48.2. The Balaban J connectivity index is 1.13. The maximum absolute atomic E-state index is 16.5. The van der Waals surface area contributed by atoms with Gasteiger partial charge in [0.1, 0.15) is 5.75 Å². The Hall–Kier alpha value is -5.30. The minimum absolute atomic E-state index is 0.113. The highest BCUT2D eigenvalue weighted by molar-refractivity contribution is 6.72. The van der Waals surface area contributed by atoms with E-state index in [9.17, 15) is 19.5 Å². The first-order valence-electron chi connectivity index (χ1n) is 18.7. The monoisotopic (exact) mass is 762 g/mol. The van der Waals surface area contributed by atoms with E-state index in [4.69, 9.17) is 9.47 Å². The van der Waals surface area contributed by atoms with Crippen molar-refractivity contribution in [1.82, 2.24) is 9.88 Å². The lowest BCUT2D eigenvalue weighted by molar-refractivity contribution is -0.150. The molecule has 55 heavy (non-hydrogen) atoms. The molecule has 12 heteroatoms. The van der Waals surface area contributed by atoms with E-state index in [0.29, 0.717) is 22.7 Å². The van der Waals surface area contributed by atoms with Gasteiger partial charge in [-0.3, -0.25) is 14.4 Å². The number of hydrogen-bond acceptors (Lipinski definition) is 6. The molecule has 0 aliphatic carbocycles. The first-order valence-corrected chi connectivity index (χ1v) is 21.6. The van der Waals surface area contributed by atoms with Crippen LogP contribution in [0.5, 0.6) is 5.75 Å². The van der Waals surface area contributed by atoms with Crippen LogP contribution in [0.4, 0.5) is 15.5 Å². The highest BCUT2D eigenvalue weighted by Gasteiger charge is 2.67. The minimum Gasteiger partial charge on any atom is -0.497 e. The second-order valence-corrected chi connectivity index (χ2v) is 18.9. The summed E-state index contributed by atoms with van der Waals surface area (Å²) in [5.74, 6) is -0.825. The lowest BCUT2D eigenvalue weighted by Crippen LogP contribution is -2.45. The number of aromatic nitrogens is 1. The molecule has 1 spiro atoms. The van der Waals surface area contributed by atoms with Gasteiger partial charge >= 0.3 is 0 Å². The van der Waals surface area contributed by atoms with Crippen LogP contribution in [0.15, 0.2) is 103 Å². The van der Waals surface area contributed by atoms with Crippen LogP contribution in [0.25, 0.3) is 10.9 Å². The van der Waals surface area contributed by atoms with Crippen LogP contribution in [0.1, 0.15) is 35.6 Å². The molecule has 286 valence electrons. The smallest absolute Gasteiger partial charge is 0.264 e. The Morgan fingerprint density at radius 2 is 1.75 bits per heavy atom. The summed E-state index contributed by atoms with van der Waals surface area (Å²) in [6.45, 7) is 5.44. The van der Waals surface area contributed by atoms with E-state index in [2.05, 4.69) is 10.3 Å². The van der Waals surface area contributed by atoms with Gasteiger partial charge in [-0.15, -0.1) is 0 Å². The minimum atomic E-state index is -3.54. The summed E-state index contributed by atoms with van der Waals surface area (Å²) < 4.78 is 28.9. The van der Waals surface area contributed by atoms with Crippen molar-refractivity contribution >= 4 is 48.4 Å². The maximum Gasteiger partial charge on any atom is 0.264 e. The van der Waals surface area contributed by atoms with Crippen LogP contribution in [0, 0.1) is 5.92 Å². The number of nitrogens with zero attached hydrogens (tertiary/aromatic N) is 2. The van der Waals surface area contributed by atoms with E-state index in [-0.39, 0.29) is 56.8 Å². The molecule has 2 aliphatic rings. The molecule has 7 rings (SSSR count). The number of H-pyrrole nitrogens is 1. The lowest BCUT2D eigenvalue weighted by atomic mass is 9.82. The van der Waals surface area contributed by atoms with Gasteiger partial charge in [0, 0.05) is 52.9 Å². The Morgan fingerprint density at radius 3 is 2.45 bits per heavy atom. The molecule has 10 nitrogen and oxygen atoms in total. The van der Waals surface area contributed by atoms with E-state index >= 15 is 4.11 Å². The van der Waals surface area contributed by atoms with E-state index in [1.54, 1.807) is 42.1 Å². The SMILES string of the molecule is COc1ccc2c(c1)[C@@]1(O[C@H](CC(=O)N(CCO)Cc3ccccc3)[C@@H]([Si](C)(C)F)[C@@H]1C)C(=O)N2Cc1ccc(NC(=O)Cc2c[nH]c3ccccc23)cc1. The number of nitrogens with one attached hydrogen (secondary N) is 2. The quantitative estimate of drug-likeness (QED) is 0.0870. The predicted octanol–water partition coefficient (Wildman–Crippen LogP) is 7.09. The van der Waals surface area contributed by atoms with Gasteiger partial charge in [0.25, 0.3) is 5.91 Å². The fraction of sp³-hybridized carbons (Fsp3) is 0.326. The molecule has 5 aromatic rings. The topological polar surface area (TPSA) is 124 Å². The van der Waals surface area contributed by atoms with E-state index in [1.807, 2.05) is 98.0 Å². The van der Waals surface area contributed by atoms with Gasteiger partial charge in [-0.25, -0.2) is 0 Å². The van der Waals surface area contributed by atoms with Crippen molar-refractivity contribution in [2.24, 2.45) is 5.92 Å². The van der Waals surface area contributed by atoms with Crippen LogP contribution < -0.4 is 15.0 Å². The van der Waals surface area contributed by atoms with Crippen molar-refractivity contribution in [3.05, 3.63) is 126 Å². The number of para-hydroxylation sites is 1. The first-order chi connectivity index (χ1) is 26.4. The third-order valence-corrected chi connectivity index (χ3v) is 13.5. The molecule has 3 heterocycles. The van der Waals surface area contributed by atoms with Crippen molar-refractivity contribution in [3.63, 3.8) is 0 Å². The van der Waals surface area contributed by atoms with Crippen molar-refractivity contribution in [3.8, 4) is 5.75 Å². The molecular weight excluding hydrogens is 716 g/mol. The number of fused-ring (bicyclic) bond motifs is 3. The van der Waals surface area contributed by atoms with E-state index < -0.39 is 31.6 Å². The van der Waals surface area contributed by atoms with Crippen molar-refractivity contribution < 1.29 is 33.1 Å². The number of ether oxygens (including phenoxy) is 2. The molecule has 0 radical (unpaired) electrons. The molecule has 0 saturated carbocycles. The van der Waals surface area contributed by atoms with Gasteiger partial charge in [0.2, 0.25) is 20.2 Å². The predicted molar refractivity (Wildman–Crippen MR) is 213 cm³/mol. The van der Waals surface area contributed by atoms with Gasteiger partial charge < -0.3 is 38.8 Å². The highest BCUT2D eigenvalue weighted by atomic mass is 28.4. The van der Waals surface area contributed by atoms with Crippen LogP contribution >= 0.6 is 0 Å². The maximum atomic E-state index is 16.5. The number of rotatable bonds is 13. The molecule has 1 saturated heterocycles. The fourth-order valence-corrected chi connectivity index (χ4v) is 11.1. The van der Waals surface area contributed by atoms with Gasteiger partial charge in [-0.1, -0.05) is 67.6 Å². The normalized spacial score (nSPS) is 20.6. The molecular formula is C43H47FN4O6Si. The Morgan fingerprint density at radius 1 is 1.02 bits per heavy atom. The molecule has 1 fully saturated rings. The van der Waals surface area contributed by atoms with Crippen LogP contribution in [-0.4, -0.2) is 67.5 Å². The Kier molecular flexibility index (Phi) is 10.7. The molecule has 2 aliphatic heterocycles. The average Bonchev–Trinajstić information content (AvgIpc) is 3.78. The number of anilines is 2. The van der Waals surface area contributed by atoms with E-state index in [0.717, 1.165) is 27.6 Å². The van der Waals surface area contributed by atoms with Crippen molar-refractivity contribution in [2.45, 2.75) is 63.2 Å². The van der Waals surface area contributed by atoms with Crippen molar-refractivity contribution in [2.75, 3.05) is 30.5 Å². The number of methoxy groups -OCH3 is 1. The second kappa shape index (κ2) is 15.4. The molecule has 0 unspecified atom stereocenters. The average molecular weight is 763 g/mol. The number of aliphatic hydroxyl groups excluding tert-OH is 1. The zero-order valence-corrected chi connectivity index (χ0v) is 32.6. The molecule has 3 amide bonds. The van der Waals surface area contributed by atoms with Crippen molar-refractivity contribution in [1.29, 1.82) is 0 Å². The summed E-state index contributed by atoms with van der Waals surface area (Å²) in [6, 6.07) is 30.1. The van der Waals surface area contributed by atoms with Gasteiger partial charge in [-0.2, -0.15) is 0 Å². The highest BCUT2D eigenvalue weighted by Crippen LogP contribution is 2.60. The summed E-state index contributed by atoms with van der Waals surface area (Å²) in [5, 5.41) is 13.8. The third kappa shape index (κ3) is 7.41. The van der Waals surface area contributed by atoms with Crippen LogP contribution in [0.3, 0.4) is 0 Å². The zero-order chi connectivity index (χ0) is 38.9. The number of benzene rings is 4. The number of carbonyl (C=O) groups is 3. The molecule has 4 aromatic carbocycles. The summed E-state index contributed by atoms with van der Waals surface area (Å²) >= 11 is 0. The van der Waals surface area contributed by atoms with Crippen LogP contribution in [-0.2, 0) is 44.2 Å². The number of halogens is 1. The van der Waals surface area contributed by atoms with Gasteiger partial charge in [0.15, 0.2) is 5.60 Å². The zero-order valence-electron chi connectivity index (χ0n) is 31.6. The molecule has 0 bridgehead atoms. The van der Waals surface area contributed by atoms with Crippen LogP contribution in [0.2, 0.25) is 18.6 Å². The number of carbonyl (C=O) groups excluding carboxylic acids is 3. The largest absolute Gasteiger partial charge is 0.497 e. The molecule has 4 atom stereocenters. The number of hydrogen-bond donors (Lipinski definition) is 3. The summed E-state index contributed by atoms with van der Waals surface area (Å²) in [7, 11) is -2.00. The third-order valence-electron chi connectivity index (χ3n) is 11.1. The standard InChI is InChI=1S/C43H47FN4O6Si/c1-28-41(55(3,4)44)38(24-40(51)47(20-21-49)26-29-10-6-5-7-11-29)54-43(28)35-23-33(53-2)18-19-37(35)48(42(43)52)27-30-14-16-32(17-15-30)46-39(50)22-31-25-45-36-13-9-8-12-34(31)36/h5-19,23,25,28,38,41,45,49H,20-22,24,26-27H2,1-4H3,(H,46,50)/t28-,38+,41-,43+/m0/s1. The molecule has 1 aromatic heterocycles. The number of amides is 3. The van der Waals surface area contributed by atoms with Gasteiger partial charge in [0.05, 0.1) is 44.9 Å². The second-order valence-electron chi connectivity index (χ2n) is 15.1. The first kappa shape index (κ1) is 38.0. The number of aromatic amines is 1. The van der Waals surface area contributed by atoms with Gasteiger partial charge in [-0.05, 0) is 66.2 Å².